The molecule has 3 heterocycles. The Hall–Kier alpha value is -1.47. The zero-order valence-electron chi connectivity index (χ0n) is 13.9. The van der Waals surface area contributed by atoms with E-state index >= 15 is 0 Å². The summed E-state index contributed by atoms with van der Waals surface area (Å²) < 4.78 is 7.43. The Kier molecular flexibility index (Phi) is 5.61. The van der Waals surface area contributed by atoms with Gasteiger partial charge in [-0.2, -0.15) is 5.10 Å². The van der Waals surface area contributed by atoms with Gasteiger partial charge in [0, 0.05) is 19.2 Å². The van der Waals surface area contributed by atoms with Crippen molar-refractivity contribution >= 4 is 5.91 Å². The molecule has 0 spiro atoms. The van der Waals surface area contributed by atoms with E-state index < -0.39 is 0 Å². The summed E-state index contributed by atoms with van der Waals surface area (Å²) in [6, 6.07) is 0.221. The molecule has 0 aliphatic carbocycles. The molecule has 1 aromatic heterocycles. The Labute approximate surface area is 137 Å². The zero-order valence-corrected chi connectivity index (χ0v) is 13.9. The molecule has 0 unspecified atom stereocenters. The molecule has 1 amide bonds. The minimum atomic E-state index is -0.120. The highest BCUT2D eigenvalue weighted by Gasteiger charge is 2.31. The van der Waals surface area contributed by atoms with Gasteiger partial charge in [0.1, 0.15) is 12.7 Å². The molecule has 0 saturated carbocycles. The molecule has 2 saturated heterocycles. The molecule has 3 atom stereocenters. The molecule has 3 rings (SSSR count). The van der Waals surface area contributed by atoms with Crippen LogP contribution in [0.2, 0.25) is 0 Å². The van der Waals surface area contributed by atoms with E-state index in [9.17, 15) is 4.79 Å². The summed E-state index contributed by atoms with van der Waals surface area (Å²) in [6.45, 7) is 5.22. The van der Waals surface area contributed by atoms with Gasteiger partial charge in [-0.3, -0.25) is 14.4 Å². The van der Waals surface area contributed by atoms with Crippen LogP contribution in [0, 0.1) is 0 Å². The molecule has 1 aromatic rings. The molecule has 0 bridgehead atoms. The summed E-state index contributed by atoms with van der Waals surface area (Å²) in [5.74, 6) is 0.103. The molecule has 2 fully saturated rings. The van der Waals surface area contributed by atoms with E-state index in [1.54, 1.807) is 12.7 Å². The van der Waals surface area contributed by atoms with Gasteiger partial charge in [0.15, 0.2) is 0 Å². The molecule has 2 aliphatic rings. The number of ether oxygens (including phenoxy) is 1. The molecular formula is C16H27N5O2. The molecule has 7 heteroatoms. The summed E-state index contributed by atoms with van der Waals surface area (Å²) in [5.41, 5.74) is 0. The first-order chi connectivity index (χ1) is 11.2. The SMILES string of the molecule is C[C@H](C(=O)NC[C@@H]1CCCO1)N1CCCC[C@@H]1Cn1cncn1. The van der Waals surface area contributed by atoms with Crippen LogP contribution in [-0.4, -0.2) is 63.5 Å². The standard InChI is InChI=1S/C16H27N5O2/c1-13(16(22)18-9-15-6-4-8-23-15)21-7-3-2-5-14(21)10-20-12-17-11-19-20/h11-15H,2-10H2,1H3,(H,18,22)/t13-,14-,15+/m1/s1. The maximum atomic E-state index is 12.5. The zero-order chi connectivity index (χ0) is 16.1. The predicted molar refractivity (Wildman–Crippen MR) is 85.8 cm³/mol. The normalized spacial score (nSPS) is 27.0. The average molecular weight is 321 g/mol. The molecule has 0 radical (unpaired) electrons. The molecule has 7 nitrogen and oxygen atoms in total. The summed E-state index contributed by atoms with van der Waals surface area (Å²) >= 11 is 0. The number of amides is 1. The van der Waals surface area contributed by atoms with Gasteiger partial charge in [-0.1, -0.05) is 6.42 Å². The number of piperidine rings is 1. The predicted octanol–water partition coefficient (Wildman–Crippen LogP) is 0.816. The molecule has 0 aromatic carbocycles. The fourth-order valence-electron chi connectivity index (χ4n) is 3.59. The number of aromatic nitrogens is 3. The van der Waals surface area contributed by atoms with Crippen molar-refractivity contribution in [2.24, 2.45) is 0 Å². The number of hydrogen-bond acceptors (Lipinski definition) is 5. The van der Waals surface area contributed by atoms with E-state index in [4.69, 9.17) is 4.74 Å². The number of rotatable bonds is 6. The third-order valence-corrected chi connectivity index (χ3v) is 4.94. The fraction of sp³-hybridized carbons (Fsp3) is 0.812. The minimum absolute atomic E-state index is 0.103. The van der Waals surface area contributed by atoms with Crippen molar-refractivity contribution in [3.63, 3.8) is 0 Å². The lowest BCUT2D eigenvalue weighted by Crippen LogP contribution is -2.53. The number of nitrogens with one attached hydrogen (secondary N) is 1. The first-order valence-corrected chi connectivity index (χ1v) is 8.71. The summed E-state index contributed by atoms with van der Waals surface area (Å²) in [5, 5.41) is 7.26. The van der Waals surface area contributed by atoms with Crippen LogP contribution >= 0.6 is 0 Å². The topological polar surface area (TPSA) is 72.3 Å². The van der Waals surface area contributed by atoms with Gasteiger partial charge in [-0.15, -0.1) is 0 Å². The Balaban J connectivity index is 1.54. The monoisotopic (exact) mass is 321 g/mol. The van der Waals surface area contributed by atoms with Crippen LogP contribution in [-0.2, 0) is 16.1 Å². The second-order valence-corrected chi connectivity index (χ2v) is 6.56. The van der Waals surface area contributed by atoms with Gasteiger partial charge in [0.2, 0.25) is 5.91 Å². The lowest BCUT2D eigenvalue weighted by Gasteiger charge is -2.39. The van der Waals surface area contributed by atoms with E-state index in [0.29, 0.717) is 12.6 Å². The average Bonchev–Trinajstić information content (AvgIpc) is 3.26. The van der Waals surface area contributed by atoms with Gasteiger partial charge in [0.25, 0.3) is 0 Å². The van der Waals surface area contributed by atoms with Crippen LogP contribution in [0.3, 0.4) is 0 Å². The van der Waals surface area contributed by atoms with Gasteiger partial charge >= 0.3 is 0 Å². The Morgan fingerprint density at radius 2 is 2.30 bits per heavy atom. The lowest BCUT2D eigenvalue weighted by atomic mass is 9.99. The first kappa shape index (κ1) is 16.4. The molecular weight excluding hydrogens is 294 g/mol. The van der Waals surface area contributed by atoms with Gasteiger partial charge in [0.05, 0.1) is 18.7 Å². The maximum Gasteiger partial charge on any atom is 0.237 e. The van der Waals surface area contributed by atoms with Crippen LogP contribution < -0.4 is 5.32 Å². The largest absolute Gasteiger partial charge is 0.376 e. The van der Waals surface area contributed by atoms with Crippen molar-refractivity contribution in [3.05, 3.63) is 12.7 Å². The van der Waals surface area contributed by atoms with Crippen molar-refractivity contribution < 1.29 is 9.53 Å². The van der Waals surface area contributed by atoms with Crippen molar-refractivity contribution in [3.8, 4) is 0 Å². The first-order valence-electron chi connectivity index (χ1n) is 8.71. The van der Waals surface area contributed by atoms with Crippen molar-refractivity contribution in [2.75, 3.05) is 19.7 Å². The number of carbonyl (C=O) groups is 1. The van der Waals surface area contributed by atoms with Crippen LogP contribution in [0.4, 0.5) is 0 Å². The van der Waals surface area contributed by atoms with Gasteiger partial charge in [-0.25, -0.2) is 4.98 Å². The summed E-state index contributed by atoms with van der Waals surface area (Å²) in [6.07, 6.45) is 9.11. The third kappa shape index (κ3) is 4.29. The fourth-order valence-corrected chi connectivity index (χ4v) is 3.59. The highest BCUT2D eigenvalue weighted by molar-refractivity contribution is 5.81. The van der Waals surface area contributed by atoms with E-state index in [0.717, 1.165) is 45.4 Å². The van der Waals surface area contributed by atoms with Gasteiger partial charge in [-0.05, 0) is 39.2 Å². The van der Waals surface area contributed by atoms with Crippen molar-refractivity contribution in [2.45, 2.75) is 63.8 Å². The number of nitrogens with zero attached hydrogens (tertiary/aromatic N) is 4. The van der Waals surface area contributed by atoms with E-state index in [1.807, 2.05) is 11.6 Å². The van der Waals surface area contributed by atoms with Gasteiger partial charge < -0.3 is 10.1 Å². The molecule has 128 valence electrons. The van der Waals surface area contributed by atoms with Crippen molar-refractivity contribution in [1.29, 1.82) is 0 Å². The Morgan fingerprint density at radius 3 is 3.04 bits per heavy atom. The highest BCUT2D eigenvalue weighted by Crippen LogP contribution is 2.21. The third-order valence-electron chi connectivity index (χ3n) is 4.94. The Morgan fingerprint density at radius 1 is 1.39 bits per heavy atom. The van der Waals surface area contributed by atoms with Crippen LogP contribution in [0.1, 0.15) is 39.0 Å². The second kappa shape index (κ2) is 7.88. The van der Waals surface area contributed by atoms with E-state index in [-0.39, 0.29) is 18.1 Å². The molecule has 2 aliphatic heterocycles. The van der Waals surface area contributed by atoms with Crippen LogP contribution in [0.25, 0.3) is 0 Å². The number of likely N-dealkylation sites (tertiary alicyclic amines) is 1. The molecule has 23 heavy (non-hydrogen) atoms. The smallest absolute Gasteiger partial charge is 0.237 e. The lowest BCUT2D eigenvalue weighted by molar-refractivity contribution is -0.128. The highest BCUT2D eigenvalue weighted by atomic mass is 16.5. The summed E-state index contributed by atoms with van der Waals surface area (Å²) in [4.78, 5) is 18.8. The summed E-state index contributed by atoms with van der Waals surface area (Å²) in [7, 11) is 0. The van der Waals surface area contributed by atoms with E-state index in [1.165, 1.54) is 6.42 Å². The van der Waals surface area contributed by atoms with Crippen LogP contribution in [0.5, 0.6) is 0 Å². The minimum Gasteiger partial charge on any atom is -0.376 e. The second-order valence-electron chi connectivity index (χ2n) is 6.56. The van der Waals surface area contributed by atoms with E-state index in [2.05, 4.69) is 20.3 Å². The quantitative estimate of drug-likeness (QED) is 0.840. The number of carbonyl (C=O) groups excluding carboxylic acids is 1. The molecule has 1 N–H and O–H groups in total. The Bertz CT molecular complexity index is 487. The maximum absolute atomic E-state index is 12.5. The number of hydrogen-bond donors (Lipinski definition) is 1. The van der Waals surface area contributed by atoms with Crippen molar-refractivity contribution in [1.82, 2.24) is 25.0 Å². The van der Waals surface area contributed by atoms with Crippen LogP contribution in [0.15, 0.2) is 12.7 Å².